The van der Waals surface area contributed by atoms with Crippen LogP contribution in [0.5, 0.6) is 5.75 Å². The molecule has 0 spiro atoms. The minimum Gasteiger partial charge on any atom is -0.496 e. The summed E-state index contributed by atoms with van der Waals surface area (Å²) in [6.07, 6.45) is 0. The first-order valence-corrected chi connectivity index (χ1v) is 7.08. The molecule has 0 amide bonds. The van der Waals surface area contributed by atoms with Gasteiger partial charge in [0.05, 0.1) is 24.9 Å². The van der Waals surface area contributed by atoms with E-state index >= 15 is 0 Å². The Morgan fingerprint density at radius 3 is 2.84 bits per heavy atom. The van der Waals surface area contributed by atoms with E-state index in [1.54, 1.807) is 18.4 Å². The van der Waals surface area contributed by atoms with Gasteiger partial charge in [0.2, 0.25) is 0 Å². The molecule has 4 nitrogen and oxygen atoms in total. The zero-order valence-corrected chi connectivity index (χ0v) is 12.3. The lowest BCUT2D eigenvalue weighted by atomic mass is 10.0. The van der Waals surface area contributed by atoms with Crippen molar-refractivity contribution in [2.45, 2.75) is 19.5 Å². The Hall–Kier alpha value is -1.59. The third-order valence-electron chi connectivity index (χ3n) is 3.01. The summed E-state index contributed by atoms with van der Waals surface area (Å²) in [6.45, 7) is 2.73. The van der Waals surface area contributed by atoms with Crippen LogP contribution in [0.4, 0.5) is 5.69 Å². The van der Waals surface area contributed by atoms with Gasteiger partial charge in [-0.15, -0.1) is 11.3 Å². The number of aromatic nitrogens is 1. The molecule has 5 heteroatoms. The highest BCUT2D eigenvalue weighted by Crippen LogP contribution is 2.33. The standard InChI is InChI=1S/C14H19N3OS/c1-10(15)14-12(5-4-6-13(14)18-3)17(2)7-11-8-19-9-16-11/h4-6,8-10H,7,15H2,1-3H3/t10-/m1/s1. The molecule has 1 heterocycles. The maximum Gasteiger partial charge on any atom is 0.125 e. The second-order valence-corrected chi connectivity index (χ2v) is 5.24. The number of benzene rings is 1. The molecule has 0 radical (unpaired) electrons. The van der Waals surface area contributed by atoms with Crippen molar-refractivity contribution >= 4 is 17.0 Å². The average Bonchev–Trinajstić information content (AvgIpc) is 2.90. The van der Waals surface area contributed by atoms with Gasteiger partial charge in [0.15, 0.2) is 0 Å². The van der Waals surface area contributed by atoms with E-state index < -0.39 is 0 Å². The Bertz CT molecular complexity index is 525. The highest BCUT2D eigenvalue weighted by molar-refractivity contribution is 7.07. The summed E-state index contributed by atoms with van der Waals surface area (Å²) < 4.78 is 5.41. The number of nitrogens with two attached hydrogens (primary N) is 1. The number of thiazole rings is 1. The van der Waals surface area contributed by atoms with Crippen LogP contribution < -0.4 is 15.4 Å². The molecule has 1 aromatic carbocycles. The summed E-state index contributed by atoms with van der Waals surface area (Å²) >= 11 is 1.61. The van der Waals surface area contributed by atoms with E-state index in [1.807, 2.05) is 31.6 Å². The lowest BCUT2D eigenvalue weighted by Gasteiger charge is -2.24. The number of hydrogen-bond donors (Lipinski definition) is 1. The first-order valence-electron chi connectivity index (χ1n) is 6.14. The van der Waals surface area contributed by atoms with Crippen LogP contribution in [0.1, 0.15) is 24.2 Å². The van der Waals surface area contributed by atoms with Gasteiger partial charge in [-0.05, 0) is 19.1 Å². The first kappa shape index (κ1) is 13.8. The monoisotopic (exact) mass is 277 g/mol. The largest absolute Gasteiger partial charge is 0.496 e. The fourth-order valence-corrected chi connectivity index (χ4v) is 2.69. The van der Waals surface area contributed by atoms with E-state index in [2.05, 4.69) is 21.3 Å². The van der Waals surface area contributed by atoms with Crippen LogP contribution in [0.2, 0.25) is 0 Å². The normalized spacial score (nSPS) is 12.2. The van der Waals surface area contributed by atoms with E-state index in [9.17, 15) is 0 Å². The van der Waals surface area contributed by atoms with Crippen molar-refractivity contribution in [1.82, 2.24) is 4.98 Å². The fourth-order valence-electron chi connectivity index (χ4n) is 2.14. The van der Waals surface area contributed by atoms with Crippen molar-refractivity contribution in [3.63, 3.8) is 0 Å². The van der Waals surface area contributed by atoms with Crippen LogP contribution >= 0.6 is 11.3 Å². The molecular formula is C14H19N3OS. The van der Waals surface area contributed by atoms with Crippen LogP contribution in [0.25, 0.3) is 0 Å². The van der Waals surface area contributed by atoms with Gasteiger partial charge in [-0.1, -0.05) is 6.07 Å². The minimum absolute atomic E-state index is 0.0796. The van der Waals surface area contributed by atoms with E-state index in [-0.39, 0.29) is 6.04 Å². The molecule has 0 aliphatic carbocycles. The van der Waals surface area contributed by atoms with Crippen molar-refractivity contribution in [2.75, 3.05) is 19.1 Å². The third-order valence-corrected chi connectivity index (χ3v) is 3.65. The molecular weight excluding hydrogens is 258 g/mol. The van der Waals surface area contributed by atoms with E-state index in [4.69, 9.17) is 10.5 Å². The summed E-state index contributed by atoms with van der Waals surface area (Å²) in [6, 6.07) is 5.91. The molecule has 0 saturated carbocycles. The van der Waals surface area contributed by atoms with Crippen molar-refractivity contribution < 1.29 is 4.74 Å². The van der Waals surface area contributed by atoms with Gasteiger partial charge in [0, 0.05) is 29.7 Å². The number of nitrogens with zero attached hydrogens (tertiary/aromatic N) is 2. The smallest absolute Gasteiger partial charge is 0.125 e. The zero-order chi connectivity index (χ0) is 13.8. The van der Waals surface area contributed by atoms with Gasteiger partial charge < -0.3 is 15.4 Å². The van der Waals surface area contributed by atoms with E-state index in [0.29, 0.717) is 0 Å². The zero-order valence-electron chi connectivity index (χ0n) is 11.5. The molecule has 0 bridgehead atoms. The van der Waals surface area contributed by atoms with Crippen LogP contribution in [0.15, 0.2) is 29.1 Å². The third kappa shape index (κ3) is 3.05. The first-order chi connectivity index (χ1) is 9.13. The molecule has 0 unspecified atom stereocenters. The number of ether oxygens (including phenoxy) is 1. The lowest BCUT2D eigenvalue weighted by Crippen LogP contribution is -2.20. The second-order valence-electron chi connectivity index (χ2n) is 4.52. The summed E-state index contributed by atoms with van der Waals surface area (Å²) in [5.74, 6) is 0.831. The number of methoxy groups -OCH3 is 1. The Balaban J connectivity index is 2.32. The summed E-state index contributed by atoms with van der Waals surface area (Å²) in [5.41, 5.74) is 11.1. The van der Waals surface area contributed by atoms with Crippen molar-refractivity contribution in [1.29, 1.82) is 0 Å². The molecule has 0 aliphatic heterocycles. The van der Waals surface area contributed by atoms with E-state index in [0.717, 1.165) is 29.2 Å². The SMILES string of the molecule is COc1cccc(N(C)Cc2cscn2)c1[C@@H](C)N. The van der Waals surface area contributed by atoms with Crippen molar-refractivity contribution in [3.8, 4) is 5.75 Å². The van der Waals surface area contributed by atoms with Gasteiger partial charge in [0.1, 0.15) is 5.75 Å². The van der Waals surface area contributed by atoms with Crippen LogP contribution in [0, 0.1) is 0 Å². The number of anilines is 1. The summed E-state index contributed by atoms with van der Waals surface area (Å²) in [7, 11) is 3.71. The van der Waals surface area contributed by atoms with Crippen molar-refractivity contribution in [3.05, 3.63) is 40.3 Å². The van der Waals surface area contributed by atoms with Crippen LogP contribution in [-0.2, 0) is 6.54 Å². The van der Waals surface area contributed by atoms with Crippen LogP contribution in [0.3, 0.4) is 0 Å². The predicted molar refractivity (Wildman–Crippen MR) is 79.8 cm³/mol. The Labute approximate surface area is 117 Å². The molecule has 1 aromatic heterocycles. The van der Waals surface area contributed by atoms with Gasteiger partial charge in [-0.25, -0.2) is 4.98 Å². The quantitative estimate of drug-likeness (QED) is 0.913. The summed E-state index contributed by atoms with van der Waals surface area (Å²) in [5, 5.41) is 2.06. The molecule has 0 fully saturated rings. The Morgan fingerprint density at radius 1 is 1.47 bits per heavy atom. The molecule has 19 heavy (non-hydrogen) atoms. The molecule has 2 rings (SSSR count). The van der Waals surface area contributed by atoms with Gasteiger partial charge in [0.25, 0.3) is 0 Å². The highest BCUT2D eigenvalue weighted by Gasteiger charge is 2.16. The molecule has 102 valence electrons. The molecule has 2 N–H and O–H groups in total. The lowest BCUT2D eigenvalue weighted by molar-refractivity contribution is 0.407. The van der Waals surface area contributed by atoms with Crippen molar-refractivity contribution in [2.24, 2.45) is 5.73 Å². The Morgan fingerprint density at radius 2 is 2.26 bits per heavy atom. The second kappa shape index (κ2) is 6.04. The predicted octanol–water partition coefficient (Wildman–Crippen LogP) is 2.81. The number of hydrogen-bond acceptors (Lipinski definition) is 5. The minimum atomic E-state index is -0.0796. The van der Waals surface area contributed by atoms with Gasteiger partial charge >= 0.3 is 0 Å². The maximum atomic E-state index is 6.08. The van der Waals surface area contributed by atoms with Gasteiger partial charge in [-0.3, -0.25) is 0 Å². The van der Waals surface area contributed by atoms with E-state index in [1.165, 1.54) is 0 Å². The molecule has 0 aliphatic rings. The average molecular weight is 277 g/mol. The number of rotatable bonds is 5. The van der Waals surface area contributed by atoms with Gasteiger partial charge in [-0.2, -0.15) is 0 Å². The fraction of sp³-hybridized carbons (Fsp3) is 0.357. The molecule has 2 aromatic rings. The highest BCUT2D eigenvalue weighted by atomic mass is 32.1. The summed E-state index contributed by atoms with van der Waals surface area (Å²) in [4.78, 5) is 6.46. The topological polar surface area (TPSA) is 51.4 Å². The maximum absolute atomic E-state index is 6.08. The molecule has 1 atom stereocenters. The van der Waals surface area contributed by atoms with Crippen LogP contribution in [-0.4, -0.2) is 19.1 Å². The Kier molecular flexibility index (Phi) is 4.39. The molecule has 0 saturated heterocycles.